The van der Waals surface area contributed by atoms with Crippen molar-refractivity contribution in [3.05, 3.63) is 29.8 Å². The van der Waals surface area contributed by atoms with Gasteiger partial charge < -0.3 is 10.0 Å². The summed E-state index contributed by atoms with van der Waals surface area (Å²) in [4.78, 5) is 25.0. The molecule has 5 nitrogen and oxygen atoms in total. The Morgan fingerprint density at radius 1 is 1.30 bits per heavy atom. The quantitative estimate of drug-likeness (QED) is 0.910. The van der Waals surface area contributed by atoms with Crippen LogP contribution in [0.2, 0.25) is 0 Å². The van der Waals surface area contributed by atoms with Gasteiger partial charge in [-0.3, -0.25) is 9.59 Å². The van der Waals surface area contributed by atoms with Crippen LogP contribution >= 0.6 is 0 Å². The summed E-state index contributed by atoms with van der Waals surface area (Å²) in [5.41, 5.74) is 0.360. The van der Waals surface area contributed by atoms with Crippen molar-refractivity contribution in [3.63, 3.8) is 0 Å². The Morgan fingerprint density at radius 3 is 2.40 bits per heavy atom. The number of carboxylic acids is 1. The first kappa shape index (κ1) is 14.1. The summed E-state index contributed by atoms with van der Waals surface area (Å²) in [5, 5.41) is 18.2. The molecule has 1 fully saturated rings. The molecule has 0 aromatic heterocycles. The topological polar surface area (TPSA) is 81.4 Å². The molecule has 1 saturated carbocycles. The molecule has 1 aliphatic carbocycles. The number of anilines is 1. The van der Waals surface area contributed by atoms with Crippen LogP contribution in [0.5, 0.6) is 0 Å². The maximum atomic E-state index is 12.5. The van der Waals surface area contributed by atoms with Gasteiger partial charge in [-0.1, -0.05) is 26.0 Å². The van der Waals surface area contributed by atoms with Crippen molar-refractivity contribution in [2.24, 2.45) is 17.3 Å². The monoisotopic (exact) mass is 272 g/mol. The van der Waals surface area contributed by atoms with E-state index in [1.54, 1.807) is 45.2 Å². The third-order valence-corrected chi connectivity index (χ3v) is 4.08. The lowest BCUT2D eigenvalue weighted by molar-refractivity contribution is -0.140. The van der Waals surface area contributed by atoms with Gasteiger partial charge in [0.1, 0.15) is 6.07 Å². The van der Waals surface area contributed by atoms with Crippen LogP contribution in [0, 0.1) is 28.6 Å². The highest BCUT2D eigenvalue weighted by molar-refractivity contribution is 6.01. The third-order valence-electron chi connectivity index (χ3n) is 4.08. The van der Waals surface area contributed by atoms with Crippen molar-refractivity contribution in [1.82, 2.24) is 0 Å². The molecule has 0 aliphatic heterocycles. The first-order valence-electron chi connectivity index (χ1n) is 6.32. The van der Waals surface area contributed by atoms with Gasteiger partial charge in [-0.15, -0.1) is 0 Å². The molecule has 1 N–H and O–H groups in total. The Hall–Kier alpha value is -2.35. The van der Waals surface area contributed by atoms with E-state index in [9.17, 15) is 9.59 Å². The van der Waals surface area contributed by atoms with Crippen molar-refractivity contribution in [2.45, 2.75) is 13.8 Å². The zero-order valence-electron chi connectivity index (χ0n) is 11.6. The lowest BCUT2D eigenvalue weighted by atomic mass is 10.1. The predicted octanol–water partition coefficient (Wildman–Crippen LogP) is 1.88. The average molecular weight is 272 g/mol. The van der Waals surface area contributed by atoms with E-state index in [2.05, 4.69) is 0 Å². The third kappa shape index (κ3) is 2.03. The number of aliphatic carboxylic acids is 1. The normalized spacial score (nSPS) is 22.7. The molecule has 104 valence electrons. The summed E-state index contributed by atoms with van der Waals surface area (Å²) in [6.45, 7) is 3.55. The molecular weight excluding hydrogens is 256 g/mol. The van der Waals surface area contributed by atoms with Gasteiger partial charge in [0, 0.05) is 7.05 Å². The van der Waals surface area contributed by atoms with Gasteiger partial charge >= 0.3 is 5.97 Å². The Morgan fingerprint density at radius 2 is 1.90 bits per heavy atom. The number of para-hydroxylation sites is 1. The molecule has 2 rings (SSSR count). The van der Waals surface area contributed by atoms with Gasteiger partial charge in [-0.25, -0.2) is 0 Å². The molecule has 2 unspecified atom stereocenters. The Balaban J connectivity index is 2.27. The number of carbonyl (C=O) groups excluding carboxylic acids is 1. The number of carboxylic acid groups (broad SMARTS) is 1. The number of nitrogens with zero attached hydrogens (tertiary/aromatic N) is 2. The minimum absolute atomic E-state index is 0.259. The molecular formula is C15H16N2O3. The summed E-state index contributed by atoms with van der Waals surface area (Å²) in [7, 11) is 1.58. The summed E-state index contributed by atoms with van der Waals surface area (Å²) < 4.78 is 0. The van der Waals surface area contributed by atoms with Crippen LogP contribution in [0.25, 0.3) is 0 Å². The van der Waals surface area contributed by atoms with Crippen LogP contribution in [0.4, 0.5) is 5.69 Å². The first-order valence-corrected chi connectivity index (χ1v) is 6.32. The van der Waals surface area contributed by atoms with Crippen molar-refractivity contribution in [2.75, 3.05) is 11.9 Å². The summed E-state index contributed by atoms with van der Waals surface area (Å²) in [6, 6.07) is 8.81. The van der Waals surface area contributed by atoms with E-state index in [1.165, 1.54) is 4.90 Å². The minimum Gasteiger partial charge on any atom is -0.481 e. The van der Waals surface area contributed by atoms with Gasteiger partial charge in [-0.2, -0.15) is 5.26 Å². The van der Waals surface area contributed by atoms with Gasteiger partial charge in [0.25, 0.3) is 0 Å². The number of nitriles is 1. The van der Waals surface area contributed by atoms with Gasteiger partial charge in [0.2, 0.25) is 5.91 Å². The summed E-state index contributed by atoms with van der Waals surface area (Å²) in [5.74, 6) is -2.41. The molecule has 0 heterocycles. The number of hydrogen-bond acceptors (Lipinski definition) is 3. The van der Waals surface area contributed by atoms with E-state index >= 15 is 0 Å². The molecule has 2 atom stereocenters. The van der Waals surface area contributed by atoms with Crippen LogP contribution < -0.4 is 4.90 Å². The van der Waals surface area contributed by atoms with E-state index in [4.69, 9.17) is 10.4 Å². The summed E-state index contributed by atoms with van der Waals surface area (Å²) >= 11 is 0. The molecule has 1 aliphatic rings. The molecule has 0 bridgehead atoms. The highest BCUT2D eigenvalue weighted by atomic mass is 16.4. The smallest absolute Gasteiger partial charge is 0.307 e. The zero-order chi connectivity index (χ0) is 15.1. The Bertz CT molecular complexity index is 616. The first-order chi connectivity index (χ1) is 9.32. The lowest BCUT2D eigenvalue weighted by Gasteiger charge is -2.19. The number of hydrogen-bond donors (Lipinski definition) is 1. The number of benzene rings is 1. The second-order valence-corrected chi connectivity index (χ2v) is 5.64. The second-order valence-electron chi connectivity index (χ2n) is 5.64. The highest BCUT2D eigenvalue weighted by Crippen LogP contribution is 2.59. The number of amides is 1. The Kier molecular flexibility index (Phi) is 3.26. The van der Waals surface area contributed by atoms with Crippen molar-refractivity contribution < 1.29 is 14.7 Å². The molecule has 20 heavy (non-hydrogen) atoms. The van der Waals surface area contributed by atoms with Crippen LogP contribution in [0.3, 0.4) is 0 Å². The fourth-order valence-electron chi connectivity index (χ4n) is 2.75. The van der Waals surface area contributed by atoms with Crippen LogP contribution in [-0.4, -0.2) is 24.0 Å². The molecule has 0 radical (unpaired) electrons. The molecule has 1 aromatic carbocycles. The van der Waals surface area contributed by atoms with Crippen LogP contribution in [0.15, 0.2) is 24.3 Å². The second kappa shape index (κ2) is 4.64. The summed E-state index contributed by atoms with van der Waals surface area (Å²) in [6.07, 6.45) is 0. The fraction of sp³-hybridized carbons (Fsp3) is 0.400. The molecule has 5 heteroatoms. The van der Waals surface area contributed by atoms with E-state index in [-0.39, 0.29) is 5.91 Å². The molecule has 1 amide bonds. The van der Waals surface area contributed by atoms with Crippen LogP contribution in [-0.2, 0) is 9.59 Å². The van der Waals surface area contributed by atoms with Crippen molar-refractivity contribution in [1.29, 1.82) is 5.26 Å². The standard InChI is InChI=1S/C15H16N2O3/c1-15(2)11(12(15)14(19)20)13(18)17(3)10-7-5-4-6-9(10)8-16/h4-7,11-12H,1-3H3,(H,19,20). The SMILES string of the molecule is CN(C(=O)C1C(C(=O)O)C1(C)C)c1ccccc1C#N. The van der Waals surface area contributed by atoms with E-state index in [0.29, 0.717) is 11.3 Å². The minimum atomic E-state index is -0.949. The van der Waals surface area contributed by atoms with Gasteiger partial charge in [0.05, 0.1) is 23.1 Å². The fourth-order valence-corrected chi connectivity index (χ4v) is 2.75. The predicted molar refractivity (Wildman–Crippen MR) is 73.0 cm³/mol. The molecule has 0 spiro atoms. The number of carbonyl (C=O) groups is 2. The van der Waals surface area contributed by atoms with Crippen LogP contribution in [0.1, 0.15) is 19.4 Å². The molecule has 0 saturated heterocycles. The lowest BCUT2D eigenvalue weighted by Crippen LogP contribution is -2.30. The molecule has 1 aromatic rings. The van der Waals surface area contributed by atoms with Crippen molar-refractivity contribution in [3.8, 4) is 6.07 Å². The van der Waals surface area contributed by atoms with E-state index in [0.717, 1.165) is 0 Å². The van der Waals surface area contributed by atoms with E-state index in [1.807, 2.05) is 6.07 Å². The maximum absolute atomic E-state index is 12.5. The number of rotatable bonds is 3. The van der Waals surface area contributed by atoms with Crippen molar-refractivity contribution >= 4 is 17.6 Å². The average Bonchev–Trinajstić information content (AvgIpc) is 3.00. The van der Waals surface area contributed by atoms with E-state index < -0.39 is 23.2 Å². The Labute approximate surface area is 117 Å². The van der Waals surface area contributed by atoms with Gasteiger partial charge in [-0.05, 0) is 17.5 Å². The zero-order valence-corrected chi connectivity index (χ0v) is 11.6. The highest BCUT2D eigenvalue weighted by Gasteiger charge is 2.66. The maximum Gasteiger partial charge on any atom is 0.307 e. The largest absolute Gasteiger partial charge is 0.481 e. The van der Waals surface area contributed by atoms with Gasteiger partial charge in [0.15, 0.2) is 0 Å².